The van der Waals surface area contributed by atoms with Gasteiger partial charge in [0.25, 0.3) is 5.91 Å². The minimum Gasteiger partial charge on any atom is -0.507 e. The molecule has 0 unspecified atom stereocenters. The Morgan fingerprint density at radius 2 is 1.82 bits per heavy atom. The van der Waals surface area contributed by atoms with Gasteiger partial charge in [-0.15, -0.1) is 11.3 Å². The third-order valence-electron chi connectivity index (χ3n) is 7.41. The molecule has 3 N–H and O–H groups in total. The number of carbonyl (C=O) groups excluding carboxylic acids is 2. The van der Waals surface area contributed by atoms with E-state index in [9.17, 15) is 14.7 Å². The fourth-order valence-corrected chi connectivity index (χ4v) is 6.35. The van der Waals surface area contributed by atoms with E-state index >= 15 is 0 Å². The van der Waals surface area contributed by atoms with Gasteiger partial charge in [0.2, 0.25) is 0 Å². The molecule has 0 saturated heterocycles. The van der Waals surface area contributed by atoms with Gasteiger partial charge < -0.3 is 15.7 Å². The van der Waals surface area contributed by atoms with Crippen molar-refractivity contribution in [2.45, 2.75) is 45.1 Å². The van der Waals surface area contributed by atoms with E-state index in [2.05, 4.69) is 15.7 Å². The molecule has 0 atom stereocenters. The predicted molar refractivity (Wildman–Crippen MR) is 159 cm³/mol. The second kappa shape index (κ2) is 11.0. The number of nitrogens with one attached hydrogen (secondary N) is 2. The van der Waals surface area contributed by atoms with Crippen LogP contribution in [0.4, 0.5) is 10.5 Å². The summed E-state index contributed by atoms with van der Waals surface area (Å²) in [5, 5.41) is 22.5. The molecular weight excluding hydrogens is 520 g/mol. The number of nitrogens with zero attached hydrogens (tertiary/aromatic N) is 2. The van der Waals surface area contributed by atoms with E-state index < -0.39 is 0 Å². The molecular formula is C32H30N4O3S. The second-order valence-corrected chi connectivity index (χ2v) is 11.4. The van der Waals surface area contributed by atoms with Crippen molar-refractivity contribution in [2.75, 3.05) is 5.32 Å². The molecule has 7 nitrogen and oxygen atoms in total. The Labute approximate surface area is 236 Å². The van der Waals surface area contributed by atoms with Crippen LogP contribution in [0.15, 0.2) is 78.9 Å². The number of fused-ring (bicyclic) bond motifs is 1. The van der Waals surface area contributed by atoms with Crippen molar-refractivity contribution >= 4 is 39.0 Å². The van der Waals surface area contributed by atoms with Gasteiger partial charge in [-0.1, -0.05) is 60.9 Å². The zero-order valence-electron chi connectivity index (χ0n) is 22.2. The largest absolute Gasteiger partial charge is 0.507 e. The van der Waals surface area contributed by atoms with E-state index in [0.29, 0.717) is 28.4 Å². The van der Waals surface area contributed by atoms with Gasteiger partial charge in [0.05, 0.1) is 16.3 Å². The highest BCUT2D eigenvalue weighted by molar-refractivity contribution is 7.20. The van der Waals surface area contributed by atoms with Crippen LogP contribution in [0.1, 0.15) is 58.1 Å². The standard InChI is InChI=1S/C32H30N4O3S/c1-20-7-6-8-21(15-20)19-33-32(39)36-27(22-9-2-3-10-22)18-26(35-36)25-14-13-24(17-28(25)37)34-31(38)30-16-23-11-4-5-12-29(23)40-30/h4-8,11-18,22,37H,2-3,9-10,19H2,1H3,(H,33,39)(H,34,38). The van der Waals surface area contributed by atoms with Crippen molar-refractivity contribution in [3.8, 4) is 17.0 Å². The molecule has 2 heterocycles. The molecule has 5 aromatic rings. The number of carbonyl (C=O) groups is 2. The number of amides is 2. The summed E-state index contributed by atoms with van der Waals surface area (Å²) >= 11 is 1.43. The molecule has 1 aliphatic carbocycles. The minimum atomic E-state index is -0.290. The van der Waals surface area contributed by atoms with Crippen LogP contribution < -0.4 is 10.6 Å². The molecule has 6 rings (SSSR count). The van der Waals surface area contributed by atoms with Gasteiger partial charge in [-0.2, -0.15) is 9.78 Å². The van der Waals surface area contributed by atoms with Crippen molar-refractivity contribution in [3.63, 3.8) is 0 Å². The minimum absolute atomic E-state index is 0.0167. The van der Waals surface area contributed by atoms with Gasteiger partial charge in [-0.05, 0) is 61.0 Å². The maximum absolute atomic E-state index is 13.3. The summed E-state index contributed by atoms with van der Waals surface area (Å²) in [6.45, 7) is 2.43. The first-order valence-electron chi connectivity index (χ1n) is 13.5. The first kappa shape index (κ1) is 25.8. The van der Waals surface area contributed by atoms with E-state index in [-0.39, 0.29) is 23.6 Å². The van der Waals surface area contributed by atoms with Gasteiger partial charge in [0, 0.05) is 34.5 Å². The normalized spacial score (nSPS) is 13.5. The van der Waals surface area contributed by atoms with Crippen molar-refractivity contribution in [3.05, 3.63) is 101 Å². The molecule has 0 radical (unpaired) electrons. The molecule has 2 aromatic heterocycles. The molecule has 202 valence electrons. The summed E-state index contributed by atoms with van der Waals surface area (Å²) in [7, 11) is 0. The van der Waals surface area contributed by atoms with Gasteiger partial charge in [0.1, 0.15) is 5.75 Å². The number of hydrogen-bond donors (Lipinski definition) is 3. The van der Waals surface area contributed by atoms with Gasteiger partial charge in [-0.3, -0.25) is 4.79 Å². The lowest BCUT2D eigenvalue weighted by Gasteiger charge is -2.12. The van der Waals surface area contributed by atoms with Crippen LogP contribution in [-0.4, -0.2) is 26.8 Å². The quantitative estimate of drug-likeness (QED) is 0.205. The number of aryl methyl sites for hydroxylation is 1. The average molecular weight is 551 g/mol. The van der Waals surface area contributed by atoms with Crippen LogP contribution in [-0.2, 0) is 6.54 Å². The van der Waals surface area contributed by atoms with Crippen LogP contribution in [0.3, 0.4) is 0 Å². The highest BCUT2D eigenvalue weighted by atomic mass is 32.1. The van der Waals surface area contributed by atoms with E-state index in [1.807, 2.05) is 67.6 Å². The fraction of sp³-hybridized carbons (Fsp3) is 0.219. The Kier molecular flexibility index (Phi) is 7.09. The molecule has 0 bridgehead atoms. The van der Waals surface area contributed by atoms with E-state index in [0.717, 1.165) is 52.6 Å². The zero-order valence-corrected chi connectivity index (χ0v) is 23.0. The first-order valence-corrected chi connectivity index (χ1v) is 14.3. The van der Waals surface area contributed by atoms with Crippen LogP contribution in [0.25, 0.3) is 21.3 Å². The van der Waals surface area contributed by atoms with Crippen molar-refractivity contribution in [1.29, 1.82) is 0 Å². The van der Waals surface area contributed by atoms with Crippen LogP contribution in [0.2, 0.25) is 0 Å². The average Bonchev–Trinajstić information content (AvgIpc) is 3.71. The van der Waals surface area contributed by atoms with Crippen LogP contribution in [0, 0.1) is 6.92 Å². The Bertz CT molecular complexity index is 1680. The Balaban J connectivity index is 1.23. The maximum Gasteiger partial charge on any atom is 0.342 e. The number of anilines is 1. The predicted octanol–water partition coefficient (Wildman–Crippen LogP) is 7.45. The number of aromatic nitrogens is 2. The summed E-state index contributed by atoms with van der Waals surface area (Å²) in [6.07, 6.45) is 4.25. The molecule has 0 aliphatic heterocycles. The lowest BCUT2D eigenvalue weighted by atomic mass is 10.0. The monoisotopic (exact) mass is 550 g/mol. The summed E-state index contributed by atoms with van der Waals surface area (Å²) in [5.74, 6) is -0.00339. The van der Waals surface area contributed by atoms with Crippen molar-refractivity contribution in [2.24, 2.45) is 0 Å². The third kappa shape index (κ3) is 5.35. The van der Waals surface area contributed by atoms with Gasteiger partial charge >= 0.3 is 6.03 Å². The highest BCUT2D eigenvalue weighted by Crippen LogP contribution is 2.38. The van der Waals surface area contributed by atoms with Gasteiger partial charge in [-0.25, -0.2) is 4.79 Å². The summed E-state index contributed by atoms with van der Waals surface area (Å²) in [6, 6.07) is 24.4. The summed E-state index contributed by atoms with van der Waals surface area (Å²) in [5.41, 5.74) is 4.52. The fourth-order valence-electron chi connectivity index (χ4n) is 5.39. The molecule has 40 heavy (non-hydrogen) atoms. The third-order valence-corrected chi connectivity index (χ3v) is 8.52. The molecule has 2 amide bonds. The number of hydrogen-bond acceptors (Lipinski definition) is 5. The number of benzene rings is 3. The first-order chi connectivity index (χ1) is 19.4. The molecule has 1 aliphatic rings. The SMILES string of the molecule is Cc1cccc(CNC(=O)n2nc(-c3ccc(NC(=O)c4cc5ccccc5s4)cc3O)cc2C2CCCC2)c1. The molecule has 3 aromatic carbocycles. The molecule has 1 fully saturated rings. The molecule has 0 spiro atoms. The number of phenols is 1. The Hall–Kier alpha value is -4.43. The van der Waals surface area contributed by atoms with Gasteiger partial charge in [0.15, 0.2) is 0 Å². The number of rotatable bonds is 6. The highest BCUT2D eigenvalue weighted by Gasteiger charge is 2.26. The van der Waals surface area contributed by atoms with E-state index in [4.69, 9.17) is 0 Å². The lowest BCUT2D eigenvalue weighted by molar-refractivity contribution is 0.103. The number of thiophene rings is 1. The molecule has 1 saturated carbocycles. The zero-order chi connectivity index (χ0) is 27.6. The Morgan fingerprint density at radius 1 is 1.00 bits per heavy atom. The number of phenolic OH excluding ortho intramolecular Hbond substituents is 1. The Morgan fingerprint density at radius 3 is 2.60 bits per heavy atom. The summed E-state index contributed by atoms with van der Waals surface area (Å²) < 4.78 is 2.50. The summed E-state index contributed by atoms with van der Waals surface area (Å²) in [4.78, 5) is 26.7. The van der Waals surface area contributed by atoms with Crippen LogP contribution in [0.5, 0.6) is 5.75 Å². The lowest BCUT2D eigenvalue weighted by Crippen LogP contribution is -2.30. The van der Waals surface area contributed by atoms with Crippen molar-refractivity contribution < 1.29 is 14.7 Å². The molecule has 8 heteroatoms. The topological polar surface area (TPSA) is 96.3 Å². The number of aromatic hydroxyl groups is 1. The smallest absolute Gasteiger partial charge is 0.342 e. The van der Waals surface area contributed by atoms with Crippen LogP contribution >= 0.6 is 11.3 Å². The maximum atomic E-state index is 13.3. The second-order valence-electron chi connectivity index (χ2n) is 10.3. The van der Waals surface area contributed by atoms with E-state index in [1.54, 1.807) is 12.1 Å². The van der Waals surface area contributed by atoms with Crippen molar-refractivity contribution in [1.82, 2.24) is 15.1 Å². The van der Waals surface area contributed by atoms with E-state index in [1.165, 1.54) is 22.1 Å².